The van der Waals surface area contributed by atoms with Gasteiger partial charge < -0.3 is 20.4 Å². The molecule has 0 amide bonds. The predicted octanol–water partition coefficient (Wildman–Crippen LogP) is 3.90. The van der Waals surface area contributed by atoms with Crippen LogP contribution in [0.5, 0.6) is 11.5 Å². The molecule has 4 N–H and O–H groups in total. The van der Waals surface area contributed by atoms with E-state index in [1.54, 1.807) is 36.4 Å². The van der Waals surface area contributed by atoms with Crippen molar-refractivity contribution in [1.29, 1.82) is 0 Å². The molecule has 0 aliphatic carbocycles. The zero-order valence-corrected chi connectivity index (χ0v) is 21.3. The Hall–Kier alpha value is -3.20. The molecule has 2 atom stereocenters. The molecule has 2 aromatic heterocycles. The van der Waals surface area contributed by atoms with Gasteiger partial charge in [0.15, 0.2) is 12.1 Å². The number of hydrogen-bond acceptors (Lipinski definition) is 12. The second-order valence-corrected chi connectivity index (χ2v) is 11.6. The number of carbonyl (C=O) groups is 2. The van der Waals surface area contributed by atoms with E-state index in [9.17, 15) is 19.8 Å². The number of phenols is 2. The van der Waals surface area contributed by atoms with Gasteiger partial charge in [0.25, 0.3) is 0 Å². The molecule has 0 saturated carbocycles. The van der Waals surface area contributed by atoms with Gasteiger partial charge in [0.2, 0.25) is 0 Å². The van der Waals surface area contributed by atoms with Crippen molar-refractivity contribution >= 4 is 88.7 Å². The van der Waals surface area contributed by atoms with E-state index in [0.717, 1.165) is 20.4 Å². The zero-order valence-electron chi connectivity index (χ0n) is 18.1. The van der Waals surface area contributed by atoms with Crippen molar-refractivity contribution in [1.82, 2.24) is 9.97 Å². The second-order valence-electron chi connectivity index (χ2n) is 7.54. The van der Waals surface area contributed by atoms with E-state index in [1.165, 1.54) is 46.2 Å². The van der Waals surface area contributed by atoms with Crippen LogP contribution >= 0.6 is 46.2 Å². The summed E-state index contributed by atoms with van der Waals surface area (Å²) in [6.45, 7) is 0. The molecule has 10 nitrogen and oxygen atoms in total. The molecular formula is C22H16N4O6S4. The highest BCUT2D eigenvalue weighted by Gasteiger charge is 2.27. The van der Waals surface area contributed by atoms with E-state index in [1.807, 2.05) is 0 Å². The molecule has 4 heterocycles. The number of thioether (sulfide) groups is 2. The number of phenolic OH excluding ortho intramolecular Hbond substituents is 2. The lowest BCUT2D eigenvalue weighted by atomic mass is 10.3. The van der Waals surface area contributed by atoms with E-state index in [4.69, 9.17) is 10.2 Å². The maximum absolute atomic E-state index is 10.8. The molecule has 0 unspecified atom stereocenters. The van der Waals surface area contributed by atoms with Crippen LogP contribution in [-0.4, -0.2) is 76.0 Å². The number of nitrogens with zero attached hydrogens (tertiary/aromatic N) is 4. The Kier molecular flexibility index (Phi) is 6.83. The number of fused-ring (bicyclic) bond motifs is 2. The number of rotatable bonds is 4. The number of thiazole rings is 2. The van der Waals surface area contributed by atoms with E-state index in [2.05, 4.69) is 20.0 Å². The third-order valence-electron chi connectivity index (χ3n) is 4.98. The summed E-state index contributed by atoms with van der Waals surface area (Å²) in [6, 6.07) is 8.57. The van der Waals surface area contributed by atoms with Crippen LogP contribution in [0.25, 0.3) is 20.4 Å². The molecule has 0 fully saturated rings. The molecule has 6 rings (SSSR count). The van der Waals surface area contributed by atoms with Crippen molar-refractivity contribution in [2.45, 2.75) is 12.1 Å². The van der Waals surface area contributed by atoms with E-state index in [0.29, 0.717) is 31.6 Å². The summed E-state index contributed by atoms with van der Waals surface area (Å²) in [7, 11) is 0. The van der Waals surface area contributed by atoms with Crippen LogP contribution in [0.3, 0.4) is 0 Å². The second kappa shape index (κ2) is 10.0. The van der Waals surface area contributed by atoms with Crippen molar-refractivity contribution in [2.24, 2.45) is 9.98 Å². The first-order valence-electron chi connectivity index (χ1n) is 10.3. The minimum atomic E-state index is -0.906. The molecule has 0 spiro atoms. The van der Waals surface area contributed by atoms with Gasteiger partial charge in [0.05, 0.1) is 20.4 Å². The van der Waals surface area contributed by atoms with Crippen LogP contribution in [-0.2, 0) is 9.59 Å². The first-order valence-corrected chi connectivity index (χ1v) is 13.9. The first-order chi connectivity index (χ1) is 17.3. The molecular weight excluding hydrogens is 545 g/mol. The monoisotopic (exact) mass is 560 g/mol. The Balaban J connectivity index is 0.000000148. The number of aliphatic imine (C=N–C) groups is 2. The molecule has 2 aromatic carbocycles. The highest BCUT2D eigenvalue weighted by molar-refractivity contribution is 8.15. The number of hydrogen-bond donors (Lipinski definition) is 4. The third kappa shape index (κ3) is 5.16. The number of aromatic nitrogens is 2. The van der Waals surface area contributed by atoms with Crippen LogP contribution in [0.15, 0.2) is 46.4 Å². The average Bonchev–Trinajstić information content (AvgIpc) is 3.63. The summed E-state index contributed by atoms with van der Waals surface area (Å²) in [4.78, 5) is 38.7. The van der Waals surface area contributed by atoms with E-state index >= 15 is 0 Å². The van der Waals surface area contributed by atoms with Gasteiger partial charge in [-0.1, -0.05) is 0 Å². The molecule has 184 valence electrons. The summed E-state index contributed by atoms with van der Waals surface area (Å²) in [5.41, 5.74) is 1.57. The summed E-state index contributed by atoms with van der Waals surface area (Å²) in [5, 5.41) is 39.3. The predicted molar refractivity (Wildman–Crippen MR) is 143 cm³/mol. The van der Waals surface area contributed by atoms with Crippen molar-refractivity contribution < 1.29 is 30.0 Å². The lowest BCUT2D eigenvalue weighted by Crippen LogP contribution is -2.17. The largest absolute Gasteiger partial charge is 0.508 e. The Morgan fingerprint density at radius 1 is 0.722 bits per heavy atom. The summed E-state index contributed by atoms with van der Waals surface area (Å²) < 4.78 is 1.74. The van der Waals surface area contributed by atoms with Crippen LogP contribution in [0.2, 0.25) is 0 Å². The number of aliphatic carboxylic acids is 2. The van der Waals surface area contributed by atoms with Crippen LogP contribution in [0, 0.1) is 0 Å². The van der Waals surface area contributed by atoms with Crippen molar-refractivity contribution in [3.63, 3.8) is 0 Å². The molecule has 2 aliphatic heterocycles. The topological polar surface area (TPSA) is 166 Å². The smallest absolute Gasteiger partial charge is 0.329 e. The average molecular weight is 561 g/mol. The molecule has 0 bridgehead atoms. The van der Waals surface area contributed by atoms with E-state index in [-0.39, 0.29) is 11.5 Å². The molecule has 4 aromatic rings. The Bertz CT molecular complexity index is 1450. The molecule has 0 radical (unpaired) electrons. The van der Waals surface area contributed by atoms with Gasteiger partial charge in [-0.3, -0.25) is 9.98 Å². The zero-order chi connectivity index (χ0) is 25.4. The molecule has 2 aliphatic rings. The van der Waals surface area contributed by atoms with Crippen LogP contribution in [0.1, 0.15) is 10.0 Å². The van der Waals surface area contributed by atoms with Crippen LogP contribution < -0.4 is 0 Å². The molecule has 14 heteroatoms. The SMILES string of the molecule is O=C(O)[C@H]1CSC(c2nc3ccc(O)cc3s2)=N1.O=C(O)[C@H]1CSC(c2nc3ccc(O)cc3s2)=N1. The van der Waals surface area contributed by atoms with Gasteiger partial charge in [0, 0.05) is 11.5 Å². The Morgan fingerprint density at radius 2 is 1.14 bits per heavy atom. The lowest BCUT2D eigenvalue weighted by Gasteiger charge is -1.93. The highest BCUT2D eigenvalue weighted by Crippen LogP contribution is 2.32. The number of carboxylic acid groups (broad SMARTS) is 2. The minimum Gasteiger partial charge on any atom is -0.508 e. The molecule has 0 saturated heterocycles. The van der Waals surface area contributed by atoms with Crippen molar-refractivity contribution in [3.05, 3.63) is 46.4 Å². The fourth-order valence-electron chi connectivity index (χ4n) is 3.24. The van der Waals surface area contributed by atoms with Crippen LogP contribution in [0.4, 0.5) is 0 Å². The maximum atomic E-state index is 10.8. The van der Waals surface area contributed by atoms with Gasteiger partial charge in [-0.05, 0) is 36.4 Å². The third-order valence-corrected chi connectivity index (χ3v) is 9.40. The summed E-state index contributed by atoms with van der Waals surface area (Å²) in [6.07, 6.45) is 0. The summed E-state index contributed by atoms with van der Waals surface area (Å²) in [5.74, 6) is -0.519. The fourth-order valence-corrected chi connectivity index (χ4v) is 7.44. The normalized spacial score (nSPS) is 19.1. The molecule has 36 heavy (non-hydrogen) atoms. The quantitative estimate of drug-likeness (QED) is 0.288. The first kappa shape index (κ1) is 24.5. The number of aromatic hydroxyl groups is 2. The summed E-state index contributed by atoms with van der Waals surface area (Å²) >= 11 is 5.63. The van der Waals surface area contributed by atoms with Gasteiger partial charge in [-0.15, -0.1) is 46.2 Å². The van der Waals surface area contributed by atoms with Gasteiger partial charge >= 0.3 is 11.9 Å². The van der Waals surface area contributed by atoms with Crippen molar-refractivity contribution in [3.8, 4) is 11.5 Å². The van der Waals surface area contributed by atoms with Gasteiger partial charge in [-0.2, -0.15) is 0 Å². The Morgan fingerprint density at radius 3 is 1.50 bits per heavy atom. The van der Waals surface area contributed by atoms with Crippen molar-refractivity contribution in [2.75, 3.05) is 11.5 Å². The fraction of sp³-hybridized carbons (Fsp3) is 0.182. The lowest BCUT2D eigenvalue weighted by molar-refractivity contribution is -0.138. The number of benzene rings is 2. The van der Waals surface area contributed by atoms with Gasteiger partial charge in [-0.25, -0.2) is 19.6 Å². The minimum absolute atomic E-state index is 0.196. The highest BCUT2D eigenvalue weighted by atomic mass is 32.2. The Labute approximate surface area is 219 Å². The maximum Gasteiger partial charge on any atom is 0.329 e. The standard InChI is InChI=1S/2C11H8N2O3S2/c2*14-5-1-2-6-8(3-5)18-10(12-6)9-13-7(4-17-9)11(15)16/h2*1-3,7,14H,4H2,(H,15,16)/t2*7-/m11/s1. The van der Waals surface area contributed by atoms with E-state index < -0.39 is 24.0 Å². The number of carboxylic acids is 2. The van der Waals surface area contributed by atoms with Gasteiger partial charge in [0.1, 0.15) is 31.6 Å².